The lowest BCUT2D eigenvalue weighted by Crippen LogP contribution is -2.43. The van der Waals surface area contributed by atoms with Gasteiger partial charge in [-0.2, -0.15) is 0 Å². The van der Waals surface area contributed by atoms with Gasteiger partial charge in [-0.1, -0.05) is 30.4 Å². The number of hydrogen-bond acceptors (Lipinski definition) is 4. The maximum absolute atomic E-state index is 12.9. The molecule has 4 heteroatoms. The van der Waals surface area contributed by atoms with E-state index in [0.717, 1.165) is 17.7 Å². The fourth-order valence-electron chi connectivity index (χ4n) is 4.29. The molecule has 23 heavy (non-hydrogen) atoms. The van der Waals surface area contributed by atoms with Gasteiger partial charge < -0.3 is 9.15 Å². The van der Waals surface area contributed by atoms with Gasteiger partial charge in [0, 0.05) is 11.5 Å². The first-order valence-electron chi connectivity index (χ1n) is 7.88. The minimum Gasteiger partial charge on any atom is -0.469 e. The number of cyclic esters (lactones) is 1. The number of hydrogen-bond donors (Lipinski definition) is 0. The fourth-order valence-corrected chi connectivity index (χ4v) is 4.29. The third-order valence-electron chi connectivity index (χ3n) is 5.26. The lowest BCUT2D eigenvalue weighted by Gasteiger charge is -2.30. The molecule has 0 N–H and O–H groups in total. The largest absolute Gasteiger partial charge is 0.469 e. The van der Waals surface area contributed by atoms with Crippen LogP contribution in [0.1, 0.15) is 23.7 Å². The van der Waals surface area contributed by atoms with Crippen LogP contribution in [0, 0.1) is 11.8 Å². The zero-order chi connectivity index (χ0) is 15.4. The molecule has 2 unspecified atom stereocenters. The van der Waals surface area contributed by atoms with Crippen LogP contribution >= 0.6 is 0 Å². The topological polar surface area (TPSA) is 51.8 Å². The molecule has 3 aliphatic rings. The average Bonchev–Trinajstić information content (AvgIpc) is 3.34. The summed E-state index contributed by atoms with van der Waals surface area (Å²) in [6, 6.07) is 13.4. The van der Waals surface area contributed by atoms with Crippen molar-refractivity contribution in [3.63, 3.8) is 0 Å². The van der Waals surface area contributed by atoms with Gasteiger partial charge in [0.05, 0.1) is 12.2 Å². The summed E-state index contributed by atoms with van der Waals surface area (Å²) in [5, 5.41) is 0. The van der Waals surface area contributed by atoms with Crippen LogP contribution in [-0.2, 0) is 9.53 Å². The molecule has 0 saturated heterocycles. The van der Waals surface area contributed by atoms with Crippen molar-refractivity contribution in [2.24, 2.45) is 16.8 Å². The molecule has 2 heterocycles. The number of nitrogens with zero attached hydrogens (tertiary/aromatic N) is 1. The van der Waals surface area contributed by atoms with E-state index >= 15 is 0 Å². The lowest BCUT2D eigenvalue weighted by molar-refractivity contribution is -0.140. The van der Waals surface area contributed by atoms with E-state index in [4.69, 9.17) is 14.1 Å². The van der Waals surface area contributed by atoms with E-state index in [1.807, 2.05) is 42.5 Å². The maximum atomic E-state index is 12.9. The van der Waals surface area contributed by atoms with Crippen molar-refractivity contribution in [1.82, 2.24) is 0 Å². The zero-order valence-electron chi connectivity index (χ0n) is 12.4. The van der Waals surface area contributed by atoms with Gasteiger partial charge in [-0.3, -0.25) is 0 Å². The van der Waals surface area contributed by atoms with Crippen LogP contribution in [0.4, 0.5) is 0 Å². The van der Waals surface area contributed by atoms with Crippen LogP contribution in [0.15, 0.2) is 70.3 Å². The second-order valence-electron chi connectivity index (χ2n) is 6.38. The van der Waals surface area contributed by atoms with Gasteiger partial charge in [-0.25, -0.2) is 9.79 Å². The number of furan rings is 1. The molecule has 1 aromatic carbocycles. The van der Waals surface area contributed by atoms with Crippen molar-refractivity contribution in [3.8, 4) is 0 Å². The molecule has 4 atom stereocenters. The minimum atomic E-state index is -0.873. The summed E-state index contributed by atoms with van der Waals surface area (Å²) in [6.45, 7) is 0. The Morgan fingerprint density at radius 1 is 1.09 bits per heavy atom. The molecule has 2 aromatic rings. The van der Waals surface area contributed by atoms with Gasteiger partial charge >= 0.3 is 5.97 Å². The predicted octanol–water partition coefficient (Wildman–Crippen LogP) is 3.31. The highest BCUT2D eigenvalue weighted by molar-refractivity contribution is 6.09. The molecule has 1 aromatic heterocycles. The van der Waals surface area contributed by atoms with Crippen molar-refractivity contribution in [2.45, 2.75) is 17.9 Å². The van der Waals surface area contributed by atoms with E-state index in [1.165, 1.54) is 0 Å². The summed E-state index contributed by atoms with van der Waals surface area (Å²) >= 11 is 0. The number of rotatable bonds is 2. The third kappa shape index (κ3) is 1.61. The smallest absolute Gasteiger partial charge is 0.342 e. The highest BCUT2D eigenvalue weighted by Gasteiger charge is 2.66. The second kappa shape index (κ2) is 4.44. The standard InChI is InChI=1S/C19H15NO3/c21-18-19(20-17(23-18)12-5-2-1-3-6-12)14-9-8-13(11-14)16(19)15-7-4-10-22-15/h1-10,13-14,16H,11H2/t13?,14?,16-,19-/m1/s1. The van der Waals surface area contributed by atoms with Gasteiger partial charge in [-0.05, 0) is 36.6 Å². The number of carbonyl (C=O) groups is 1. The van der Waals surface area contributed by atoms with Crippen LogP contribution in [0.2, 0.25) is 0 Å². The molecule has 2 bridgehead atoms. The van der Waals surface area contributed by atoms with E-state index in [1.54, 1.807) is 6.26 Å². The summed E-state index contributed by atoms with van der Waals surface area (Å²) in [6.07, 6.45) is 6.88. The fraction of sp³-hybridized carbons (Fsp3) is 0.263. The Hall–Kier alpha value is -2.62. The Kier molecular flexibility index (Phi) is 2.49. The van der Waals surface area contributed by atoms with E-state index in [0.29, 0.717) is 5.90 Å². The highest BCUT2D eigenvalue weighted by Crippen LogP contribution is 2.59. The van der Waals surface area contributed by atoms with E-state index < -0.39 is 5.54 Å². The summed E-state index contributed by atoms with van der Waals surface area (Å²) in [4.78, 5) is 17.7. The molecule has 1 fully saturated rings. The quantitative estimate of drug-likeness (QED) is 0.632. The Bertz CT molecular complexity index is 822. The van der Waals surface area contributed by atoms with Crippen molar-refractivity contribution < 1.29 is 13.9 Å². The molecule has 1 saturated carbocycles. The molecule has 2 aliphatic carbocycles. The van der Waals surface area contributed by atoms with Gasteiger partial charge in [0.15, 0.2) is 5.54 Å². The van der Waals surface area contributed by atoms with Crippen molar-refractivity contribution >= 4 is 11.9 Å². The number of ether oxygens (including phenoxy) is 1. The van der Waals surface area contributed by atoms with Gasteiger partial charge in [0.2, 0.25) is 5.90 Å². The molecular formula is C19H15NO3. The Labute approximate surface area is 133 Å². The molecule has 0 radical (unpaired) electrons. The molecular weight excluding hydrogens is 290 g/mol. The number of aliphatic imine (C=N–C) groups is 1. The van der Waals surface area contributed by atoms with Gasteiger partial charge in [0.1, 0.15) is 5.76 Å². The molecule has 4 nitrogen and oxygen atoms in total. The summed E-state index contributed by atoms with van der Waals surface area (Å²) in [5.74, 6) is 1.26. The average molecular weight is 305 g/mol. The van der Waals surface area contributed by atoms with Crippen LogP contribution in [0.3, 0.4) is 0 Å². The monoisotopic (exact) mass is 305 g/mol. The lowest BCUT2D eigenvalue weighted by atomic mass is 9.75. The molecule has 0 amide bonds. The van der Waals surface area contributed by atoms with Crippen LogP contribution in [0.25, 0.3) is 0 Å². The summed E-state index contributed by atoms with van der Waals surface area (Å²) in [7, 11) is 0. The summed E-state index contributed by atoms with van der Waals surface area (Å²) in [5.41, 5.74) is -0.0368. The molecule has 1 aliphatic heterocycles. The third-order valence-corrected chi connectivity index (χ3v) is 5.26. The Morgan fingerprint density at radius 3 is 2.74 bits per heavy atom. The number of benzene rings is 1. The van der Waals surface area contributed by atoms with E-state index in [2.05, 4.69) is 12.2 Å². The second-order valence-corrected chi connectivity index (χ2v) is 6.38. The maximum Gasteiger partial charge on any atom is 0.342 e. The first-order valence-corrected chi connectivity index (χ1v) is 7.88. The van der Waals surface area contributed by atoms with Crippen LogP contribution in [0.5, 0.6) is 0 Å². The van der Waals surface area contributed by atoms with E-state index in [9.17, 15) is 4.79 Å². The first-order chi connectivity index (χ1) is 11.3. The SMILES string of the molecule is O=C1OC(c2ccccc2)=N[C@@]12C1C=CC(C1)[C@@H]2c1ccco1. The highest BCUT2D eigenvalue weighted by atomic mass is 16.6. The van der Waals surface area contributed by atoms with Gasteiger partial charge in [-0.15, -0.1) is 0 Å². The van der Waals surface area contributed by atoms with Crippen molar-refractivity contribution in [3.05, 3.63) is 72.2 Å². The normalized spacial score (nSPS) is 34.2. The molecule has 1 spiro atoms. The van der Waals surface area contributed by atoms with Crippen LogP contribution < -0.4 is 0 Å². The predicted molar refractivity (Wildman–Crippen MR) is 84.0 cm³/mol. The summed E-state index contributed by atoms with van der Waals surface area (Å²) < 4.78 is 11.2. The van der Waals surface area contributed by atoms with Crippen molar-refractivity contribution in [2.75, 3.05) is 0 Å². The number of allylic oxidation sites excluding steroid dienone is 1. The first kappa shape index (κ1) is 12.9. The Morgan fingerprint density at radius 2 is 1.96 bits per heavy atom. The van der Waals surface area contributed by atoms with Crippen molar-refractivity contribution in [1.29, 1.82) is 0 Å². The van der Waals surface area contributed by atoms with Crippen LogP contribution in [-0.4, -0.2) is 17.4 Å². The van der Waals surface area contributed by atoms with E-state index in [-0.39, 0.29) is 23.7 Å². The number of fused-ring (bicyclic) bond motifs is 3. The van der Waals surface area contributed by atoms with Gasteiger partial charge in [0.25, 0.3) is 0 Å². The molecule has 5 rings (SSSR count). The molecule has 114 valence electrons. The zero-order valence-corrected chi connectivity index (χ0v) is 12.4. The number of esters is 1. The Balaban J connectivity index is 1.66. The number of carbonyl (C=O) groups excluding carboxylic acids is 1. The minimum absolute atomic E-state index is 0.0799.